The molecule has 1 aromatic heterocycles. The summed E-state index contributed by atoms with van der Waals surface area (Å²) in [6.45, 7) is 0. The Morgan fingerprint density at radius 2 is 2.33 bits per heavy atom. The lowest BCUT2D eigenvalue weighted by molar-refractivity contribution is 0.397. The van der Waals surface area contributed by atoms with Gasteiger partial charge >= 0.3 is 0 Å². The number of alkyl halides is 1. The van der Waals surface area contributed by atoms with E-state index in [9.17, 15) is 0 Å². The van der Waals surface area contributed by atoms with Crippen LogP contribution in [-0.4, -0.2) is 17.4 Å². The first-order chi connectivity index (χ1) is 5.86. The average molecular weight is 230 g/mol. The fourth-order valence-electron chi connectivity index (χ4n) is 0.950. The molecule has 1 aromatic rings. The van der Waals surface area contributed by atoms with Gasteiger partial charge in [0.15, 0.2) is 0 Å². The van der Waals surface area contributed by atoms with Crippen LogP contribution in [0.25, 0.3) is 0 Å². The molecule has 0 unspecified atom stereocenters. The number of hydrogen-bond acceptors (Lipinski definition) is 2. The van der Waals surface area contributed by atoms with Crippen molar-refractivity contribution >= 4 is 15.9 Å². The number of halogens is 1. The number of ether oxygens (including phenoxy) is 1. The fourth-order valence-corrected chi connectivity index (χ4v) is 1.23. The third-order valence-corrected chi connectivity index (χ3v) is 2.17. The molecule has 3 heteroatoms. The number of aromatic nitrogens is 1. The van der Waals surface area contributed by atoms with E-state index in [1.807, 2.05) is 12.3 Å². The third kappa shape index (κ3) is 2.81. The summed E-state index contributed by atoms with van der Waals surface area (Å²) in [4.78, 5) is 4.11. The molecule has 0 aliphatic heterocycles. The molecule has 0 atom stereocenters. The normalized spacial score (nSPS) is 9.83. The van der Waals surface area contributed by atoms with Crippen LogP contribution in [0.1, 0.15) is 12.0 Å². The summed E-state index contributed by atoms with van der Waals surface area (Å²) in [6.07, 6.45) is 4.08. The van der Waals surface area contributed by atoms with Gasteiger partial charge in [0.05, 0.1) is 7.11 Å². The minimum atomic E-state index is 0.678. The zero-order valence-corrected chi connectivity index (χ0v) is 8.67. The predicted molar refractivity (Wildman–Crippen MR) is 52.9 cm³/mol. The van der Waals surface area contributed by atoms with E-state index < -0.39 is 0 Å². The molecule has 0 N–H and O–H groups in total. The first-order valence-electron chi connectivity index (χ1n) is 3.91. The molecule has 0 spiro atoms. The number of methoxy groups -OCH3 is 1. The second-order valence-electron chi connectivity index (χ2n) is 2.50. The van der Waals surface area contributed by atoms with Gasteiger partial charge in [0.25, 0.3) is 0 Å². The van der Waals surface area contributed by atoms with E-state index in [2.05, 4.69) is 27.0 Å². The van der Waals surface area contributed by atoms with Crippen LogP contribution in [0.4, 0.5) is 0 Å². The summed E-state index contributed by atoms with van der Waals surface area (Å²) < 4.78 is 4.95. The highest BCUT2D eigenvalue weighted by Crippen LogP contribution is 2.08. The minimum absolute atomic E-state index is 0.678. The Morgan fingerprint density at radius 3 is 2.83 bits per heavy atom. The predicted octanol–water partition coefficient (Wildman–Crippen LogP) is 2.42. The second-order valence-corrected chi connectivity index (χ2v) is 3.29. The smallest absolute Gasteiger partial charge is 0.212 e. The van der Waals surface area contributed by atoms with E-state index >= 15 is 0 Å². The van der Waals surface area contributed by atoms with Crippen LogP contribution in [0.3, 0.4) is 0 Å². The number of nitrogens with zero attached hydrogens (tertiary/aromatic N) is 1. The van der Waals surface area contributed by atoms with Crippen molar-refractivity contribution in [2.45, 2.75) is 12.8 Å². The Labute approximate surface area is 81.1 Å². The summed E-state index contributed by atoms with van der Waals surface area (Å²) in [5.74, 6) is 0.678. The summed E-state index contributed by atoms with van der Waals surface area (Å²) in [5, 5.41) is 1.04. The Balaban J connectivity index is 2.53. The van der Waals surface area contributed by atoms with E-state index in [1.165, 1.54) is 5.56 Å². The van der Waals surface area contributed by atoms with E-state index in [4.69, 9.17) is 4.74 Å². The fraction of sp³-hybridized carbons (Fsp3) is 0.444. The number of hydrogen-bond donors (Lipinski definition) is 0. The quantitative estimate of drug-likeness (QED) is 0.741. The first-order valence-corrected chi connectivity index (χ1v) is 5.04. The van der Waals surface area contributed by atoms with Gasteiger partial charge in [0, 0.05) is 17.6 Å². The molecule has 0 saturated carbocycles. The average Bonchev–Trinajstić information content (AvgIpc) is 2.15. The van der Waals surface area contributed by atoms with Crippen LogP contribution >= 0.6 is 15.9 Å². The second kappa shape index (κ2) is 5.14. The van der Waals surface area contributed by atoms with Gasteiger partial charge in [0.2, 0.25) is 5.88 Å². The maximum Gasteiger partial charge on any atom is 0.212 e. The first kappa shape index (κ1) is 9.52. The molecule has 1 heterocycles. The van der Waals surface area contributed by atoms with Gasteiger partial charge in [-0.2, -0.15) is 0 Å². The van der Waals surface area contributed by atoms with Gasteiger partial charge in [-0.15, -0.1) is 0 Å². The van der Waals surface area contributed by atoms with Crippen molar-refractivity contribution in [2.75, 3.05) is 12.4 Å². The van der Waals surface area contributed by atoms with Crippen LogP contribution in [0.15, 0.2) is 18.3 Å². The summed E-state index contributed by atoms with van der Waals surface area (Å²) >= 11 is 3.39. The molecule has 2 nitrogen and oxygen atoms in total. The molecular weight excluding hydrogens is 218 g/mol. The van der Waals surface area contributed by atoms with Crippen molar-refractivity contribution in [1.29, 1.82) is 0 Å². The van der Waals surface area contributed by atoms with Gasteiger partial charge in [-0.3, -0.25) is 0 Å². The van der Waals surface area contributed by atoms with E-state index in [1.54, 1.807) is 7.11 Å². The number of pyridine rings is 1. The lowest BCUT2D eigenvalue weighted by Gasteiger charge is -2.00. The molecular formula is C9H12BrNO. The van der Waals surface area contributed by atoms with Crippen molar-refractivity contribution < 1.29 is 4.74 Å². The Kier molecular flexibility index (Phi) is 4.08. The Morgan fingerprint density at radius 1 is 1.50 bits per heavy atom. The van der Waals surface area contributed by atoms with Crippen LogP contribution in [-0.2, 0) is 6.42 Å². The van der Waals surface area contributed by atoms with Crippen LogP contribution in [0.2, 0.25) is 0 Å². The molecule has 66 valence electrons. The van der Waals surface area contributed by atoms with Crippen LogP contribution < -0.4 is 4.74 Å². The number of rotatable bonds is 4. The SMILES string of the molecule is COc1ccc(CCCBr)cn1. The van der Waals surface area contributed by atoms with Gasteiger partial charge in [-0.05, 0) is 18.4 Å². The van der Waals surface area contributed by atoms with Crippen molar-refractivity contribution in [2.24, 2.45) is 0 Å². The molecule has 12 heavy (non-hydrogen) atoms. The van der Waals surface area contributed by atoms with Crippen molar-refractivity contribution in [1.82, 2.24) is 4.98 Å². The van der Waals surface area contributed by atoms with Crippen LogP contribution in [0.5, 0.6) is 5.88 Å². The molecule has 0 bridgehead atoms. The van der Waals surface area contributed by atoms with Crippen LogP contribution in [0, 0.1) is 0 Å². The van der Waals surface area contributed by atoms with E-state index in [0.29, 0.717) is 5.88 Å². The Bertz CT molecular complexity index is 222. The highest BCUT2D eigenvalue weighted by Gasteiger charge is 1.94. The molecule has 0 amide bonds. The molecule has 1 rings (SSSR count). The highest BCUT2D eigenvalue weighted by atomic mass is 79.9. The Hall–Kier alpha value is -0.570. The zero-order chi connectivity index (χ0) is 8.81. The maximum absolute atomic E-state index is 4.95. The van der Waals surface area contributed by atoms with Gasteiger partial charge < -0.3 is 4.74 Å². The topological polar surface area (TPSA) is 22.1 Å². The molecule has 0 aliphatic rings. The highest BCUT2D eigenvalue weighted by molar-refractivity contribution is 9.09. The molecule has 0 radical (unpaired) electrons. The lowest BCUT2D eigenvalue weighted by Crippen LogP contribution is -1.90. The van der Waals surface area contributed by atoms with E-state index in [-0.39, 0.29) is 0 Å². The monoisotopic (exact) mass is 229 g/mol. The largest absolute Gasteiger partial charge is 0.481 e. The molecule has 0 fully saturated rings. The van der Waals surface area contributed by atoms with E-state index in [0.717, 1.165) is 18.2 Å². The molecule has 0 aromatic carbocycles. The summed E-state index contributed by atoms with van der Waals surface area (Å²) in [5.41, 5.74) is 1.26. The molecule has 0 saturated heterocycles. The summed E-state index contributed by atoms with van der Waals surface area (Å²) in [7, 11) is 1.63. The zero-order valence-electron chi connectivity index (χ0n) is 7.09. The minimum Gasteiger partial charge on any atom is -0.481 e. The standard InChI is InChI=1S/C9H12BrNO/c1-12-9-5-4-8(7-11-9)3-2-6-10/h4-5,7H,2-3,6H2,1H3. The van der Waals surface area contributed by atoms with Crippen molar-refractivity contribution in [3.8, 4) is 5.88 Å². The van der Waals surface area contributed by atoms with Gasteiger partial charge in [-0.25, -0.2) is 4.98 Å². The third-order valence-electron chi connectivity index (χ3n) is 1.61. The number of aryl methyl sites for hydroxylation is 1. The lowest BCUT2D eigenvalue weighted by atomic mass is 10.2. The van der Waals surface area contributed by atoms with Gasteiger partial charge in [-0.1, -0.05) is 22.0 Å². The maximum atomic E-state index is 4.95. The van der Waals surface area contributed by atoms with Crippen molar-refractivity contribution in [3.63, 3.8) is 0 Å². The summed E-state index contributed by atoms with van der Waals surface area (Å²) in [6, 6.07) is 3.94. The van der Waals surface area contributed by atoms with Crippen molar-refractivity contribution in [3.05, 3.63) is 23.9 Å². The molecule has 0 aliphatic carbocycles. The van der Waals surface area contributed by atoms with Gasteiger partial charge in [0.1, 0.15) is 0 Å².